The molecule has 2 N–H and O–H groups in total. The minimum atomic E-state index is -1.01. The van der Waals surface area contributed by atoms with Gasteiger partial charge in [0.15, 0.2) is 0 Å². The van der Waals surface area contributed by atoms with Crippen molar-refractivity contribution in [3.8, 4) is 11.3 Å². The maximum absolute atomic E-state index is 12.1. The summed E-state index contributed by atoms with van der Waals surface area (Å²) in [5.41, 5.74) is 0.412. The molecule has 0 radical (unpaired) electrons. The van der Waals surface area contributed by atoms with Crippen molar-refractivity contribution in [2.45, 2.75) is 19.4 Å². The zero-order chi connectivity index (χ0) is 16.3. The van der Waals surface area contributed by atoms with Crippen LogP contribution in [0.4, 0.5) is 0 Å². The van der Waals surface area contributed by atoms with E-state index in [1.165, 1.54) is 6.07 Å². The van der Waals surface area contributed by atoms with Gasteiger partial charge in [-0.15, -0.1) is 0 Å². The Morgan fingerprint density at radius 1 is 1.23 bits per heavy atom. The SMILES string of the molecule is CC(C)(O)CNC(=O)c1cc(-c2ccc(Cl)cc2)nc(Cl)n1. The first-order chi connectivity index (χ1) is 10.2. The second-order valence-electron chi connectivity index (χ2n) is 5.41. The standard InChI is InChI=1S/C15H15Cl2N3O2/c1-15(2,22)8-18-13(21)12-7-11(19-14(17)20-12)9-3-5-10(16)6-4-9/h3-7,22H,8H2,1-2H3,(H,18,21). The van der Waals surface area contributed by atoms with Crippen LogP contribution in [0.5, 0.6) is 0 Å². The summed E-state index contributed by atoms with van der Waals surface area (Å²) >= 11 is 11.7. The van der Waals surface area contributed by atoms with Crippen LogP contribution in [-0.2, 0) is 0 Å². The molecule has 0 spiro atoms. The van der Waals surface area contributed by atoms with E-state index in [0.29, 0.717) is 10.7 Å². The van der Waals surface area contributed by atoms with Crippen LogP contribution in [-0.4, -0.2) is 33.1 Å². The van der Waals surface area contributed by atoms with Gasteiger partial charge < -0.3 is 10.4 Å². The number of rotatable bonds is 4. The lowest BCUT2D eigenvalue weighted by Gasteiger charge is -2.17. The van der Waals surface area contributed by atoms with Gasteiger partial charge in [0.25, 0.3) is 5.91 Å². The number of amides is 1. The molecule has 0 atom stereocenters. The minimum Gasteiger partial charge on any atom is -0.389 e. The second-order valence-corrected chi connectivity index (χ2v) is 6.18. The summed E-state index contributed by atoms with van der Waals surface area (Å²) in [6, 6.07) is 8.54. The van der Waals surface area contributed by atoms with Gasteiger partial charge in [0.05, 0.1) is 11.3 Å². The molecule has 0 aliphatic rings. The van der Waals surface area contributed by atoms with Crippen LogP contribution < -0.4 is 5.32 Å². The Labute approximate surface area is 138 Å². The van der Waals surface area contributed by atoms with Gasteiger partial charge in [-0.1, -0.05) is 23.7 Å². The number of benzene rings is 1. The predicted octanol–water partition coefficient (Wildman–Crippen LogP) is 2.95. The maximum Gasteiger partial charge on any atom is 0.270 e. The van der Waals surface area contributed by atoms with Crippen molar-refractivity contribution < 1.29 is 9.90 Å². The number of hydrogen-bond donors (Lipinski definition) is 2. The van der Waals surface area contributed by atoms with Gasteiger partial charge in [-0.25, -0.2) is 9.97 Å². The predicted molar refractivity (Wildman–Crippen MR) is 86.1 cm³/mol. The molecule has 0 saturated heterocycles. The molecule has 116 valence electrons. The van der Waals surface area contributed by atoms with E-state index in [9.17, 15) is 9.90 Å². The Bertz CT molecular complexity index is 682. The molecular formula is C15H15Cl2N3O2. The first kappa shape index (κ1) is 16.7. The van der Waals surface area contributed by atoms with Crippen LogP contribution in [0.25, 0.3) is 11.3 Å². The molecule has 0 bridgehead atoms. The van der Waals surface area contributed by atoms with Gasteiger partial charge in [0.2, 0.25) is 5.28 Å². The molecule has 2 aromatic rings. The third kappa shape index (κ3) is 4.66. The zero-order valence-corrected chi connectivity index (χ0v) is 13.6. The van der Waals surface area contributed by atoms with Crippen LogP contribution in [0.1, 0.15) is 24.3 Å². The van der Waals surface area contributed by atoms with Crippen molar-refractivity contribution >= 4 is 29.1 Å². The first-order valence-electron chi connectivity index (χ1n) is 6.56. The number of aliphatic hydroxyl groups is 1. The molecule has 5 nitrogen and oxygen atoms in total. The van der Waals surface area contributed by atoms with Crippen LogP contribution in [0.3, 0.4) is 0 Å². The van der Waals surface area contributed by atoms with E-state index in [-0.39, 0.29) is 17.5 Å². The van der Waals surface area contributed by atoms with Crippen LogP contribution in [0.2, 0.25) is 10.3 Å². The van der Waals surface area contributed by atoms with E-state index in [1.54, 1.807) is 38.1 Å². The molecule has 0 fully saturated rings. The lowest BCUT2D eigenvalue weighted by atomic mass is 10.1. The summed E-state index contributed by atoms with van der Waals surface area (Å²) < 4.78 is 0. The quantitative estimate of drug-likeness (QED) is 0.839. The molecule has 0 unspecified atom stereocenters. The maximum atomic E-state index is 12.1. The molecule has 1 aromatic carbocycles. The van der Waals surface area contributed by atoms with Gasteiger partial charge in [-0.05, 0) is 43.6 Å². The normalized spacial score (nSPS) is 11.3. The third-order valence-electron chi connectivity index (χ3n) is 2.75. The Hall–Kier alpha value is -1.69. The Balaban J connectivity index is 2.27. The van der Waals surface area contributed by atoms with E-state index in [0.717, 1.165) is 5.56 Å². The number of carbonyl (C=O) groups is 1. The number of nitrogens with one attached hydrogen (secondary N) is 1. The van der Waals surface area contributed by atoms with Gasteiger partial charge in [0, 0.05) is 17.1 Å². The number of aromatic nitrogens is 2. The van der Waals surface area contributed by atoms with Crippen LogP contribution in [0.15, 0.2) is 30.3 Å². The summed E-state index contributed by atoms with van der Waals surface area (Å²) in [6.45, 7) is 3.29. The number of hydrogen-bond acceptors (Lipinski definition) is 4. The van der Waals surface area contributed by atoms with Crippen molar-refractivity contribution in [1.82, 2.24) is 15.3 Å². The van der Waals surface area contributed by atoms with E-state index in [2.05, 4.69) is 15.3 Å². The molecule has 0 aliphatic heterocycles. The third-order valence-corrected chi connectivity index (χ3v) is 3.17. The van der Waals surface area contributed by atoms with Crippen molar-refractivity contribution in [3.05, 3.63) is 46.3 Å². The van der Waals surface area contributed by atoms with Crippen LogP contribution >= 0.6 is 23.2 Å². The first-order valence-corrected chi connectivity index (χ1v) is 7.31. The smallest absolute Gasteiger partial charge is 0.270 e. The second kappa shape index (κ2) is 6.60. The molecular weight excluding hydrogens is 325 g/mol. The summed E-state index contributed by atoms with van der Waals surface area (Å²) in [5.74, 6) is -0.429. The van der Waals surface area contributed by atoms with E-state index in [4.69, 9.17) is 23.2 Å². The highest BCUT2D eigenvalue weighted by molar-refractivity contribution is 6.30. The fourth-order valence-electron chi connectivity index (χ4n) is 1.69. The molecule has 1 aromatic heterocycles. The molecule has 0 saturated carbocycles. The Morgan fingerprint density at radius 3 is 2.45 bits per heavy atom. The topological polar surface area (TPSA) is 75.1 Å². The van der Waals surface area contributed by atoms with E-state index in [1.807, 2.05) is 0 Å². The number of halogens is 2. The number of nitrogens with zero attached hydrogens (tertiary/aromatic N) is 2. The highest BCUT2D eigenvalue weighted by Gasteiger charge is 2.17. The number of carbonyl (C=O) groups excluding carboxylic acids is 1. The van der Waals surface area contributed by atoms with Crippen molar-refractivity contribution in [3.63, 3.8) is 0 Å². The molecule has 1 amide bonds. The van der Waals surface area contributed by atoms with Crippen molar-refractivity contribution in [1.29, 1.82) is 0 Å². The van der Waals surface area contributed by atoms with Crippen LogP contribution in [0, 0.1) is 0 Å². The van der Waals surface area contributed by atoms with Crippen molar-refractivity contribution in [2.75, 3.05) is 6.54 Å². The fourth-order valence-corrected chi connectivity index (χ4v) is 2.00. The summed E-state index contributed by atoms with van der Waals surface area (Å²) in [7, 11) is 0. The lowest BCUT2D eigenvalue weighted by Crippen LogP contribution is -2.38. The van der Waals surface area contributed by atoms with Crippen molar-refractivity contribution in [2.24, 2.45) is 0 Å². The highest BCUT2D eigenvalue weighted by Crippen LogP contribution is 2.21. The summed E-state index contributed by atoms with van der Waals surface area (Å²) in [4.78, 5) is 20.1. The molecule has 0 aliphatic carbocycles. The average molecular weight is 340 g/mol. The fraction of sp³-hybridized carbons (Fsp3) is 0.267. The summed E-state index contributed by atoms with van der Waals surface area (Å²) in [5, 5.41) is 12.8. The van der Waals surface area contributed by atoms with E-state index >= 15 is 0 Å². The minimum absolute atomic E-state index is 0.0270. The van der Waals surface area contributed by atoms with Gasteiger partial charge in [0.1, 0.15) is 5.69 Å². The largest absolute Gasteiger partial charge is 0.389 e. The monoisotopic (exact) mass is 339 g/mol. The molecule has 7 heteroatoms. The molecule has 1 heterocycles. The van der Waals surface area contributed by atoms with Gasteiger partial charge >= 0.3 is 0 Å². The highest BCUT2D eigenvalue weighted by atomic mass is 35.5. The van der Waals surface area contributed by atoms with Gasteiger partial charge in [-0.3, -0.25) is 4.79 Å². The van der Waals surface area contributed by atoms with Gasteiger partial charge in [-0.2, -0.15) is 0 Å². The molecule has 2 rings (SSSR count). The zero-order valence-electron chi connectivity index (χ0n) is 12.1. The Morgan fingerprint density at radius 2 is 1.86 bits per heavy atom. The summed E-state index contributed by atoms with van der Waals surface area (Å²) in [6.07, 6.45) is 0. The lowest BCUT2D eigenvalue weighted by molar-refractivity contribution is 0.0692. The molecule has 22 heavy (non-hydrogen) atoms. The average Bonchev–Trinajstić information content (AvgIpc) is 2.44. The van der Waals surface area contributed by atoms with E-state index < -0.39 is 11.5 Å². The Kier molecular flexibility index (Phi) is 5.01.